The number of fused-ring (bicyclic) bond motifs is 1. The van der Waals surface area contributed by atoms with Crippen molar-refractivity contribution in [3.05, 3.63) is 62.8 Å². The molecule has 0 spiro atoms. The van der Waals surface area contributed by atoms with Crippen LogP contribution in [0.1, 0.15) is 11.3 Å². The number of nitrogens with zero attached hydrogens (tertiary/aromatic N) is 5. The second kappa shape index (κ2) is 5.36. The summed E-state index contributed by atoms with van der Waals surface area (Å²) in [6.07, 6.45) is 8.52. The zero-order chi connectivity index (χ0) is 15.7. The van der Waals surface area contributed by atoms with Crippen molar-refractivity contribution in [1.29, 1.82) is 0 Å². The molecular weight excluding hydrogens is 282 g/mol. The van der Waals surface area contributed by atoms with E-state index >= 15 is 0 Å². The number of hydrogen-bond acceptors (Lipinski definition) is 5. The topological polar surface area (TPSA) is 82.7 Å². The zero-order valence-electron chi connectivity index (χ0n) is 12.1. The first-order valence-corrected chi connectivity index (χ1v) is 6.59. The second-order valence-corrected chi connectivity index (χ2v) is 4.79. The monoisotopic (exact) mass is 295 g/mol. The highest BCUT2D eigenvalue weighted by Crippen LogP contribution is 2.07. The van der Waals surface area contributed by atoms with E-state index < -0.39 is 11.2 Å². The molecule has 3 aromatic heterocycles. The predicted octanol–water partition coefficient (Wildman–Crippen LogP) is 0.593. The van der Waals surface area contributed by atoms with Gasteiger partial charge in [-0.3, -0.25) is 18.9 Å². The van der Waals surface area contributed by atoms with Crippen LogP contribution in [0.2, 0.25) is 0 Å². The zero-order valence-corrected chi connectivity index (χ0v) is 12.1. The van der Waals surface area contributed by atoms with Crippen LogP contribution < -0.4 is 11.2 Å². The summed E-state index contributed by atoms with van der Waals surface area (Å²) in [6.45, 7) is 0. The molecule has 7 nitrogen and oxygen atoms in total. The molecule has 0 aliphatic rings. The van der Waals surface area contributed by atoms with Gasteiger partial charge in [-0.2, -0.15) is 0 Å². The molecule has 0 saturated carbocycles. The van der Waals surface area contributed by atoms with E-state index in [1.165, 1.54) is 17.8 Å². The molecule has 3 aromatic rings. The molecule has 0 fully saturated rings. The van der Waals surface area contributed by atoms with Crippen molar-refractivity contribution >= 4 is 23.3 Å². The number of rotatable bonds is 2. The van der Waals surface area contributed by atoms with Gasteiger partial charge in [0.25, 0.3) is 5.56 Å². The van der Waals surface area contributed by atoms with E-state index in [0.717, 1.165) is 10.1 Å². The quantitative estimate of drug-likeness (QED) is 0.691. The van der Waals surface area contributed by atoms with Crippen LogP contribution >= 0.6 is 0 Å². The van der Waals surface area contributed by atoms with E-state index in [0.29, 0.717) is 5.69 Å². The normalized spacial score (nSPS) is 11.4. The summed E-state index contributed by atoms with van der Waals surface area (Å²) < 4.78 is 2.33. The summed E-state index contributed by atoms with van der Waals surface area (Å²) in [5.74, 6) is 0. The number of pyridine rings is 1. The van der Waals surface area contributed by atoms with E-state index in [4.69, 9.17) is 0 Å². The average molecular weight is 295 g/mol. The van der Waals surface area contributed by atoms with Crippen LogP contribution in [0.4, 0.5) is 0 Å². The molecule has 0 atom stereocenters. The molecule has 0 aliphatic carbocycles. The van der Waals surface area contributed by atoms with Gasteiger partial charge in [-0.05, 0) is 23.8 Å². The lowest BCUT2D eigenvalue weighted by Gasteiger charge is -2.06. The molecule has 3 heterocycles. The largest absolute Gasteiger partial charge is 0.332 e. The van der Waals surface area contributed by atoms with E-state index in [2.05, 4.69) is 15.0 Å². The van der Waals surface area contributed by atoms with Crippen LogP contribution in [-0.4, -0.2) is 24.1 Å². The van der Waals surface area contributed by atoms with Crippen LogP contribution in [0.5, 0.6) is 0 Å². The Morgan fingerprint density at radius 1 is 1.05 bits per heavy atom. The Bertz CT molecular complexity index is 986. The lowest BCUT2D eigenvalue weighted by atomic mass is 10.2. The van der Waals surface area contributed by atoms with Gasteiger partial charge in [-0.1, -0.05) is 6.08 Å². The Morgan fingerprint density at radius 2 is 1.77 bits per heavy atom. The third-order valence-electron chi connectivity index (χ3n) is 3.32. The van der Waals surface area contributed by atoms with Crippen molar-refractivity contribution in [3.63, 3.8) is 0 Å². The van der Waals surface area contributed by atoms with Gasteiger partial charge in [-0.25, -0.2) is 14.8 Å². The summed E-state index contributed by atoms with van der Waals surface area (Å²) >= 11 is 0. The molecule has 0 bridgehead atoms. The molecular formula is C15H13N5O2. The number of hydrogen-bond donors (Lipinski definition) is 0. The Balaban J connectivity index is 2.13. The van der Waals surface area contributed by atoms with E-state index in [1.807, 2.05) is 18.2 Å². The van der Waals surface area contributed by atoms with Gasteiger partial charge in [0.15, 0.2) is 11.2 Å². The highest BCUT2D eigenvalue weighted by molar-refractivity contribution is 5.73. The van der Waals surface area contributed by atoms with Gasteiger partial charge >= 0.3 is 5.69 Å². The van der Waals surface area contributed by atoms with Gasteiger partial charge < -0.3 is 0 Å². The minimum atomic E-state index is -0.449. The van der Waals surface area contributed by atoms with Crippen LogP contribution in [0, 0.1) is 0 Å². The maximum absolute atomic E-state index is 12.0. The second-order valence-electron chi connectivity index (χ2n) is 4.79. The first-order valence-electron chi connectivity index (χ1n) is 6.59. The molecule has 0 radical (unpaired) electrons. The molecule has 0 amide bonds. The van der Waals surface area contributed by atoms with Crippen LogP contribution in [-0.2, 0) is 14.1 Å². The molecule has 3 rings (SSSR count). The van der Waals surface area contributed by atoms with Gasteiger partial charge in [0.2, 0.25) is 0 Å². The summed E-state index contributed by atoms with van der Waals surface area (Å²) in [7, 11) is 2.98. The van der Waals surface area contributed by atoms with Crippen molar-refractivity contribution in [1.82, 2.24) is 24.1 Å². The fourth-order valence-electron chi connectivity index (χ4n) is 2.08. The van der Waals surface area contributed by atoms with Crippen molar-refractivity contribution in [2.75, 3.05) is 0 Å². The molecule has 0 saturated heterocycles. The maximum atomic E-state index is 12.0. The third kappa shape index (κ3) is 2.32. The molecule has 7 heteroatoms. The molecule has 22 heavy (non-hydrogen) atoms. The lowest BCUT2D eigenvalue weighted by molar-refractivity contribution is 0.704. The molecule has 0 aromatic carbocycles. The Hall–Kier alpha value is -3.09. The van der Waals surface area contributed by atoms with Crippen LogP contribution in [0.25, 0.3) is 23.3 Å². The Labute approximate surface area is 125 Å². The molecule has 0 aliphatic heterocycles. The summed E-state index contributed by atoms with van der Waals surface area (Å²) in [5.41, 5.74) is 1.09. The third-order valence-corrected chi connectivity index (χ3v) is 3.32. The van der Waals surface area contributed by atoms with Crippen molar-refractivity contribution in [2.24, 2.45) is 14.1 Å². The minimum absolute atomic E-state index is 0.172. The summed E-state index contributed by atoms with van der Waals surface area (Å²) in [4.78, 5) is 36.4. The minimum Gasteiger partial charge on any atom is -0.279 e. The lowest BCUT2D eigenvalue weighted by Crippen LogP contribution is -2.37. The maximum Gasteiger partial charge on any atom is 0.332 e. The summed E-state index contributed by atoms with van der Waals surface area (Å²) in [5, 5.41) is 0. The smallest absolute Gasteiger partial charge is 0.279 e. The van der Waals surface area contributed by atoms with Crippen molar-refractivity contribution in [3.8, 4) is 0 Å². The average Bonchev–Trinajstić information content (AvgIpc) is 2.57. The Morgan fingerprint density at radius 3 is 2.50 bits per heavy atom. The molecule has 0 N–H and O–H groups in total. The van der Waals surface area contributed by atoms with Crippen LogP contribution in [0.3, 0.4) is 0 Å². The van der Waals surface area contributed by atoms with Gasteiger partial charge in [0, 0.05) is 26.5 Å². The van der Waals surface area contributed by atoms with Gasteiger partial charge in [-0.15, -0.1) is 0 Å². The number of aryl methyl sites for hydroxylation is 1. The predicted molar refractivity (Wildman–Crippen MR) is 83.2 cm³/mol. The van der Waals surface area contributed by atoms with Crippen LogP contribution in [0.15, 0.2) is 40.3 Å². The van der Waals surface area contributed by atoms with Gasteiger partial charge in [0.1, 0.15) is 0 Å². The van der Waals surface area contributed by atoms with Crippen molar-refractivity contribution in [2.45, 2.75) is 0 Å². The number of aromatic nitrogens is 5. The standard InChI is InChI=1S/C15H13N5O2/c1-19-13-12(14(21)20(2)15(19)22)17-9-11(18-13)4-3-10-5-7-16-8-6-10/h3-9H,1-2H3/b4-3+. The SMILES string of the molecule is Cn1c(=O)c2ncc(/C=C/c3ccncc3)nc2n(C)c1=O. The summed E-state index contributed by atoms with van der Waals surface area (Å²) in [6, 6.07) is 3.72. The Kier molecular flexibility index (Phi) is 3.38. The fourth-order valence-corrected chi connectivity index (χ4v) is 2.08. The first-order chi connectivity index (χ1) is 10.6. The van der Waals surface area contributed by atoms with Crippen molar-refractivity contribution < 1.29 is 0 Å². The highest BCUT2D eigenvalue weighted by atomic mass is 16.2. The molecule has 110 valence electrons. The highest BCUT2D eigenvalue weighted by Gasteiger charge is 2.10. The van der Waals surface area contributed by atoms with E-state index in [-0.39, 0.29) is 11.2 Å². The van der Waals surface area contributed by atoms with E-state index in [1.54, 1.807) is 25.5 Å². The van der Waals surface area contributed by atoms with Gasteiger partial charge in [0.05, 0.1) is 11.9 Å². The fraction of sp³-hybridized carbons (Fsp3) is 0.133. The first kappa shape index (κ1) is 13.9. The molecule has 0 unspecified atom stereocenters. The van der Waals surface area contributed by atoms with E-state index in [9.17, 15) is 9.59 Å².